The van der Waals surface area contributed by atoms with Crippen molar-refractivity contribution in [2.75, 3.05) is 7.11 Å². The largest absolute Gasteiger partial charge is 0.496 e. The summed E-state index contributed by atoms with van der Waals surface area (Å²) in [4.78, 5) is 0. The zero-order valence-corrected chi connectivity index (χ0v) is 11.0. The van der Waals surface area contributed by atoms with E-state index in [4.69, 9.17) is 4.74 Å². The molecule has 0 heterocycles. The Morgan fingerprint density at radius 2 is 1.87 bits per heavy atom. The number of methoxy groups -OCH3 is 1. The molecule has 2 rings (SSSR count). The topological polar surface area (TPSA) is 9.23 Å². The average molecular weight is 334 g/mol. The van der Waals surface area contributed by atoms with Gasteiger partial charge in [-0.25, -0.2) is 4.39 Å². The molecular weight excluding hydrogens is 327 g/mol. The van der Waals surface area contributed by atoms with Crippen LogP contribution in [0.4, 0.5) is 4.39 Å². The molecule has 0 bridgehead atoms. The molecule has 2 aromatic rings. The van der Waals surface area contributed by atoms with Crippen molar-refractivity contribution in [1.82, 2.24) is 0 Å². The van der Waals surface area contributed by atoms with E-state index in [-0.39, 0.29) is 5.82 Å². The average Bonchev–Trinajstić information content (AvgIpc) is 2.23. The fourth-order valence-electron chi connectivity index (χ4n) is 1.47. The summed E-state index contributed by atoms with van der Waals surface area (Å²) >= 11 is 6.72. The lowest BCUT2D eigenvalue weighted by Gasteiger charge is -2.08. The number of rotatable bonds is 1. The maximum Gasteiger partial charge on any atom is 0.133 e. The number of fused-ring (bicyclic) bond motifs is 1. The Kier molecular flexibility index (Phi) is 2.98. The van der Waals surface area contributed by atoms with Crippen LogP contribution in [-0.2, 0) is 0 Å². The standard InChI is InChI=1S/C11H7Br2FO/c1-15-9-5-2-6-7(12)3-4-8(14)10(6)11(9)13/h2-5H,1H3. The van der Waals surface area contributed by atoms with E-state index in [1.807, 2.05) is 6.07 Å². The Morgan fingerprint density at radius 3 is 2.53 bits per heavy atom. The van der Waals surface area contributed by atoms with Crippen molar-refractivity contribution in [3.05, 3.63) is 39.0 Å². The maximum absolute atomic E-state index is 13.6. The second kappa shape index (κ2) is 4.10. The van der Waals surface area contributed by atoms with E-state index < -0.39 is 0 Å². The van der Waals surface area contributed by atoms with Crippen molar-refractivity contribution in [2.45, 2.75) is 0 Å². The number of ether oxygens (including phenoxy) is 1. The van der Waals surface area contributed by atoms with Crippen LogP contribution >= 0.6 is 31.9 Å². The molecule has 0 amide bonds. The first-order valence-electron chi connectivity index (χ1n) is 4.25. The minimum absolute atomic E-state index is 0.265. The summed E-state index contributed by atoms with van der Waals surface area (Å²) < 4.78 is 20.3. The van der Waals surface area contributed by atoms with Gasteiger partial charge in [-0.2, -0.15) is 0 Å². The fraction of sp³-hybridized carbons (Fsp3) is 0.0909. The van der Waals surface area contributed by atoms with E-state index >= 15 is 0 Å². The third-order valence-corrected chi connectivity index (χ3v) is 3.68. The van der Waals surface area contributed by atoms with E-state index in [9.17, 15) is 4.39 Å². The van der Waals surface area contributed by atoms with Crippen LogP contribution in [-0.4, -0.2) is 7.11 Å². The summed E-state index contributed by atoms with van der Waals surface area (Å²) in [6.07, 6.45) is 0. The highest BCUT2D eigenvalue weighted by Gasteiger charge is 2.11. The van der Waals surface area contributed by atoms with E-state index in [0.29, 0.717) is 15.6 Å². The fourth-order valence-corrected chi connectivity index (χ4v) is 2.63. The van der Waals surface area contributed by atoms with Crippen LogP contribution in [0.3, 0.4) is 0 Å². The quantitative estimate of drug-likeness (QED) is 0.746. The minimum atomic E-state index is -0.265. The lowest BCUT2D eigenvalue weighted by molar-refractivity contribution is 0.412. The van der Waals surface area contributed by atoms with E-state index in [0.717, 1.165) is 9.86 Å². The lowest BCUT2D eigenvalue weighted by Crippen LogP contribution is -1.88. The van der Waals surface area contributed by atoms with Crippen LogP contribution < -0.4 is 4.74 Å². The third kappa shape index (κ3) is 1.76. The van der Waals surface area contributed by atoms with Crippen LogP contribution in [0.25, 0.3) is 10.8 Å². The summed E-state index contributed by atoms with van der Waals surface area (Å²) in [6, 6.07) is 6.75. The summed E-state index contributed by atoms with van der Waals surface area (Å²) in [7, 11) is 1.56. The van der Waals surface area contributed by atoms with Crippen LogP contribution in [0, 0.1) is 5.82 Å². The second-order valence-electron chi connectivity index (χ2n) is 3.03. The first-order chi connectivity index (χ1) is 7.15. The van der Waals surface area contributed by atoms with Crippen molar-refractivity contribution in [3.8, 4) is 5.75 Å². The zero-order valence-electron chi connectivity index (χ0n) is 7.85. The van der Waals surface area contributed by atoms with Crippen LogP contribution in [0.5, 0.6) is 5.75 Å². The monoisotopic (exact) mass is 332 g/mol. The maximum atomic E-state index is 13.6. The SMILES string of the molecule is COc1ccc2c(Br)ccc(F)c2c1Br. The van der Waals surface area contributed by atoms with Gasteiger partial charge < -0.3 is 4.74 Å². The van der Waals surface area contributed by atoms with Gasteiger partial charge in [0.25, 0.3) is 0 Å². The number of halogens is 3. The Hall–Kier alpha value is -0.610. The van der Waals surface area contributed by atoms with Gasteiger partial charge in [0.2, 0.25) is 0 Å². The van der Waals surface area contributed by atoms with Gasteiger partial charge in [0, 0.05) is 15.2 Å². The van der Waals surface area contributed by atoms with Gasteiger partial charge in [-0.15, -0.1) is 0 Å². The molecule has 4 heteroatoms. The van der Waals surface area contributed by atoms with Gasteiger partial charge in [0.15, 0.2) is 0 Å². The number of benzene rings is 2. The molecule has 0 aliphatic rings. The Morgan fingerprint density at radius 1 is 1.13 bits per heavy atom. The molecule has 0 saturated heterocycles. The van der Waals surface area contributed by atoms with Crippen molar-refractivity contribution in [2.24, 2.45) is 0 Å². The first kappa shape index (κ1) is 10.9. The summed E-state index contributed by atoms with van der Waals surface area (Å²) in [5, 5.41) is 1.35. The highest BCUT2D eigenvalue weighted by atomic mass is 79.9. The summed E-state index contributed by atoms with van der Waals surface area (Å²) in [6.45, 7) is 0. The highest BCUT2D eigenvalue weighted by molar-refractivity contribution is 9.11. The lowest BCUT2D eigenvalue weighted by atomic mass is 10.1. The molecule has 0 spiro atoms. The Bertz CT molecular complexity index is 525. The summed E-state index contributed by atoms with van der Waals surface area (Å²) in [5.74, 6) is 0.360. The molecule has 0 aliphatic carbocycles. The van der Waals surface area contributed by atoms with Gasteiger partial charge in [-0.3, -0.25) is 0 Å². The van der Waals surface area contributed by atoms with Crippen molar-refractivity contribution in [1.29, 1.82) is 0 Å². The first-order valence-corrected chi connectivity index (χ1v) is 5.84. The molecule has 0 N–H and O–H groups in total. The smallest absolute Gasteiger partial charge is 0.133 e. The third-order valence-electron chi connectivity index (χ3n) is 2.20. The Labute approximate surface area is 103 Å². The van der Waals surface area contributed by atoms with Gasteiger partial charge in [0.1, 0.15) is 11.6 Å². The molecule has 0 atom stereocenters. The van der Waals surface area contributed by atoms with Crippen molar-refractivity contribution < 1.29 is 9.13 Å². The molecule has 0 aromatic heterocycles. The predicted octanol–water partition coefficient (Wildman–Crippen LogP) is 4.51. The second-order valence-corrected chi connectivity index (χ2v) is 4.68. The summed E-state index contributed by atoms with van der Waals surface area (Å²) in [5.41, 5.74) is 0. The van der Waals surface area contributed by atoms with E-state index in [1.54, 1.807) is 19.2 Å². The Balaban J connectivity index is 2.92. The molecule has 0 saturated carbocycles. The van der Waals surface area contributed by atoms with Gasteiger partial charge >= 0.3 is 0 Å². The zero-order chi connectivity index (χ0) is 11.0. The van der Waals surface area contributed by atoms with Crippen LogP contribution in [0.2, 0.25) is 0 Å². The molecule has 0 unspecified atom stereocenters. The van der Waals surface area contributed by atoms with Crippen LogP contribution in [0.1, 0.15) is 0 Å². The molecule has 1 nitrogen and oxygen atoms in total. The van der Waals surface area contributed by atoms with E-state index in [1.165, 1.54) is 6.07 Å². The van der Waals surface area contributed by atoms with Gasteiger partial charge in [0.05, 0.1) is 11.6 Å². The van der Waals surface area contributed by atoms with Gasteiger partial charge in [-0.05, 0) is 40.2 Å². The van der Waals surface area contributed by atoms with Crippen molar-refractivity contribution >= 4 is 42.6 Å². The van der Waals surface area contributed by atoms with Crippen LogP contribution in [0.15, 0.2) is 33.2 Å². The molecule has 0 fully saturated rings. The van der Waals surface area contributed by atoms with Gasteiger partial charge in [-0.1, -0.05) is 15.9 Å². The molecule has 0 aliphatic heterocycles. The molecule has 0 radical (unpaired) electrons. The molecule has 15 heavy (non-hydrogen) atoms. The predicted molar refractivity (Wildman–Crippen MR) is 65.9 cm³/mol. The molecule has 78 valence electrons. The number of hydrogen-bond acceptors (Lipinski definition) is 1. The molecule has 2 aromatic carbocycles. The number of hydrogen-bond donors (Lipinski definition) is 0. The highest BCUT2D eigenvalue weighted by Crippen LogP contribution is 2.37. The molecular formula is C11H7Br2FO. The van der Waals surface area contributed by atoms with E-state index in [2.05, 4.69) is 31.9 Å². The van der Waals surface area contributed by atoms with Crippen molar-refractivity contribution in [3.63, 3.8) is 0 Å². The minimum Gasteiger partial charge on any atom is -0.496 e. The normalized spacial score (nSPS) is 10.7.